The molecule has 0 atom stereocenters. The molecule has 4 heteroatoms. The fourth-order valence-corrected chi connectivity index (χ4v) is 1.02. The predicted octanol–water partition coefficient (Wildman–Crippen LogP) is 0.877. The van der Waals surface area contributed by atoms with Crippen molar-refractivity contribution >= 4 is 0 Å². The molecule has 0 unspecified atom stereocenters. The van der Waals surface area contributed by atoms with Gasteiger partial charge in [-0.15, -0.1) is 0 Å². The molecule has 0 radical (unpaired) electrons. The van der Waals surface area contributed by atoms with Crippen LogP contribution in [0.1, 0.15) is 0 Å². The highest BCUT2D eigenvalue weighted by molar-refractivity contribution is 5.47. The van der Waals surface area contributed by atoms with E-state index >= 15 is 0 Å². The lowest BCUT2D eigenvalue weighted by atomic mass is 10.4. The maximum Gasteiger partial charge on any atom is 0.177 e. The minimum absolute atomic E-state index is 0.706. The van der Waals surface area contributed by atoms with Gasteiger partial charge in [0.05, 0.1) is 0 Å². The first-order chi connectivity index (χ1) is 5.88. The molecule has 0 fully saturated rings. The number of aryl methyl sites for hydroxylation is 1. The van der Waals surface area contributed by atoms with Gasteiger partial charge in [-0.3, -0.25) is 4.68 Å². The summed E-state index contributed by atoms with van der Waals surface area (Å²) in [5, 5.41) is 4.03. The van der Waals surface area contributed by atoms with E-state index in [2.05, 4.69) is 15.1 Å². The van der Waals surface area contributed by atoms with Crippen molar-refractivity contribution in [1.29, 1.82) is 0 Å². The normalized spacial score (nSPS) is 10.1. The lowest BCUT2D eigenvalue weighted by Crippen LogP contribution is -1.96. The summed E-state index contributed by atoms with van der Waals surface area (Å²) in [6.07, 6.45) is 5.16. The summed E-state index contributed by atoms with van der Waals surface area (Å²) in [6, 6.07) is 3.68. The van der Waals surface area contributed by atoms with Crippen molar-refractivity contribution in [2.75, 3.05) is 0 Å². The van der Waals surface area contributed by atoms with Crippen molar-refractivity contribution in [2.45, 2.75) is 0 Å². The van der Waals surface area contributed by atoms with Crippen LogP contribution in [0.5, 0.6) is 0 Å². The molecule has 2 aromatic rings. The molecule has 0 aliphatic rings. The van der Waals surface area contributed by atoms with Crippen LogP contribution in [0.2, 0.25) is 0 Å². The smallest absolute Gasteiger partial charge is 0.177 e. The van der Waals surface area contributed by atoms with Gasteiger partial charge in [0.2, 0.25) is 0 Å². The molecule has 0 aliphatic heterocycles. The minimum Gasteiger partial charge on any atom is -0.265 e. The van der Waals surface area contributed by atoms with Crippen LogP contribution in [-0.4, -0.2) is 19.7 Å². The molecule has 4 nitrogen and oxygen atoms in total. The Balaban J connectivity index is 2.51. The molecule has 2 rings (SSSR count). The van der Waals surface area contributed by atoms with Crippen molar-refractivity contribution in [2.24, 2.45) is 7.05 Å². The Morgan fingerprint density at radius 3 is 2.50 bits per heavy atom. The molecule has 12 heavy (non-hydrogen) atoms. The van der Waals surface area contributed by atoms with E-state index in [0.717, 1.165) is 5.69 Å². The van der Waals surface area contributed by atoms with Crippen LogP contribution in [0.3, 0.4) is 0 Å². The zero-order valence-corrected chi connectivity index (χ0v) is 6.68. The second-order valence-electron chi connectivity index (χ2n) is 2.41. The predicted molar refractivity (Wildman–Crippen MR) is 44.2 cm³/mol. The first-order valence-corrected chi connectivity index (χ1v) is 3.63. The van der Waals surface area contributed by atoms with Gasteiger partial charge >= 0.3 is 0 Å². The van der Waals surface area contributed by atoms with E-state index in [1.807, 2.05) is 13.1 Å². The average Bonchev–Trinajstić information content (AvgIpc) is 2.53. The molecule has 2 heterocycles. The van der Waals surface area contributed by atoms with E-state index in [1.54, 1.807) is 29.3 Å². The Hall–Kier alpha value is -1.71. The summed E-state index contributed by atoms with van der Waals surface area (Å²) in [7, 11) is 1.87. The van der Waals surface area contributed by atoms with E-state index in [-0.39, 0.29) is 0 Å². The molecule has 60 valence electrons. The molecular weight excluding hydrogens is 152 g/mol. The monoisotopic (exact) mass is 160 g/mol. The lowest BCUT2D eigenvalue weighted by Gasteiger charge is -1.97. The Kier molecular flexibility index (Phi) is 1.59. The maximum atomic E-state index is 4.11. The van der Waals surface area contributed by atoms with E-state index in [9.17, 15) is 0 Å². The number of nitrogens with zero attached hydrogens (tertiary/aromatic N) is 4. The highest BCUT2D eigenvalue weighted by atomic mass is 15.3. The van der Waals surface area contributed by atoms with Crippen molar-refractivity contribution in [3.8, 4) is 11.5 Å². The van der Waals surface area contributed by atoms with Crippen LogP contribution in [0.25, 0.3) is 11.5 Å². The molecule has 0 aromatic carbocycles. The van der Waals surface area contributed by atoms with E-state index in [4.69, 9.17) is 0 Å². The van der Waals surface area contributed by atoms with Crippen molar-refractivity contribution < 1.29 is 0 Å². The van der Waals surface area contributed by atoms with E-state index in [0.29, 0.717) is 5.82 Å². The third-order valence-electron chi connectivity index (χ3n) is 1.62. The van der Waals surface area contributed by atoms with Gasteiger partial charge in [-0.25, -0.2) is 9.97 Å². The number of hydrogen-bond donors (Lipinski definition) is 0. The summed E-state index contributed by atoms with van der Waals surface area (Å²) < 4.78 is 1.75. The van der Waals surface area contributed by atoms with Crippen molar-refractivity contribution in [3.05, 3.63) is 30.7 Å². The summed E-state index contributed by atoms with van der Waals surface area (Å²) in [4.78, 5) is 8.22. The molecule has 0 amide bonds. The van der Waals surface area contributed by atoms with Gasteiger partial charge in [0, 0.05) is 25.6 Å². The minimum atomic E-state index is 0.706. The quantitative estimate of drug-likeness (QED) is 0.622. The molecular formula is C8H8N4. The Morgan fingerprint density at radius 1 is 1.17 bits per heavy atom. The van der Waals surface area contributed by atoms with Gasteiger partial charge in [0.1, 0.15) is 5.69 Å². The SMILES string of the molecule is Cn1nccc1-c1ncccn1. The maximum absolute atomic E-state index is 4.11. The first-order valence-electron chi connectivity index (χ1n) is 3.63. The summed E-state index contributed by atoms with van der Waals surface area (Å²) >= 11 is 0. The van der Waals surface area contributed by atoms with Crippen LogP contribution in [0.4, 0.5) is 0 Å². The molecule has 0 aliphatic carbocycles. The van der Waals surface area contributed by atoms with Crippen LogP contribution in [0.15, 0.2) is 30.7 Å². The summed E-state index contributed by atoms with van der Waals surface area (Å²) in [5.74, 6) is 0.706. The fourth-order valence-electron chi connectivity index (χ4n) is 1.02. The summed E-state index contributed by atoms with van der Waals surface area (Å²) in [5.41, 5.74) is 0.926. The fraction of sp³-hybridized carbons (Fsp3) is 0.125. The topological polar surface area (TPSA) is 43.6 Å². The highest BCUT2D eigenvalue weighted by Gasteiger charge is 2.02. The number of aromatic nitrogens is 4. The van der Waals surface area contributed by atoms with Crippen LogP contribution in [-0.2, 0) is 7.05 Å². The standard InChI is InChI=1S/C8H8N4/c1-12-7(3-6-11-12)8-9-4-2-5-10-8/h2-6H,1H3. The third-order valence-corrected chi connectivity index (χ3v) is 1.62. The molecule has 0 spiro atoms. The number of hydrogen-bond acceptors (Lipinski definition) is 3. The Bertz CT molecular complexity index is 366. The molecule has 0 N–H and O–H groups in total. The van der Waals surface area contributed by atoms with Crippen molar-refractivity contribution in [1.82, 2.24) is 19.7 Å². The molecule has 2 aromatic heterocycles. The second kappa shape index (κ2) is 2.73. The van der Waals surface area contributed by atoms with Crippen LogP contribution in [0, 0.1) is 0 Å². The van der Waals surface area contributed by atoms with E-state index < -0.39 is 0 Å². The molecule has 0 bridgehead atoms. The largest absolute Gasteiger partial charge is 0.265 e. The number of rotatable bonds is 1. The highest BCUT2D eigenvalue weighted by Crippen LogP contribution is 2.10. The van der Waals surface area contributed by atoms with Gasteiger partial charge < -0.3 is 0 Å². The van der Waals surface area contributed by atoms with Gasteiger partial charge in [0.15, 0.2) is 5.82 Å². The summed E-state index contributed by atoms with van der Waals surface area (Å²) in [6.45, 7) is 0. The van der Waals surface area contributed by atoms with Gasteiger partial charge in [0.25, 0.3) is 0 Å². The van der Waals surface area contributed by atoms with Gasteiger partial charge in [-0.2, -0.15) is 5.10 Å². The molecule has 0 saturated heterocycles. The van der Waals surface area contributed by atoms with Gasteiger partial charge in [-0.1, -0.05) is 0 Å². The zero-order valence-electron chi connectivity index (χ0n) is 6.68. The van der Waals surface area contributed by atoms with Gasteiger partial charge in [-0.05, 0) is 12.1 Å². The zero-order chi connectivity index (χ0) is 8.39. The van der Waals surface area contributed by atoms with Crippen LogP contribution < -0.4 is 0 Å². The first kappa shape index (κ1) is 6.97. The Labute approximate surface area is 69.9 Å². The van der Waals surface area contributed by atoms with Crippen LogP contribution >= 0.6 is 0 Å². The lowest BCUT2D eigenvalue weighted by molar-refractivity contribution is 0.770. The molecule has 0 saturated carbocycles. The average molecular weight is 160 g/mol. The van der Waals surface area contributed by atoms with Crippen molar-refractivity contribution in [3.63, 3.8) is 0 Å². The van der Waals surface area contributed by atoms with E-state index in [1.165, 1.54) is 0 Å². The second-order valence-corrected chi connectivity index (χ2v) is 2.41. The Morgan fingerprint density at radius 2 is 1.92 bits per heavy atom. The third kappa shape index (κ3) is 1.07.